The molecule has 3 nitrogen and oxygen atoms in total. The summed E-state index contributed by atoms with van der Waals surface area (Å²) in [5, 5.41) is 4.21. The molecule has 0 aliphatic heterocycles. The van der Waals surface area contributed by atoms with Crippen molar-refractivity contribution in [3.63, 3.8) is 0 Å². The number of amides is 1. The summed E-state index contributed by atoms with van der Waals surface area (Å²) in [4.78, 5) is 10.6. The van der Waals surface area contributed by atoms with Gasteiger partial charge in [0.2, 0.25) is 0 Å². The Hall–Kier alpha value is -0.740. The van der Waals surface area contributed by atoms with Crippen molar-refractivity contribution in [3.05, 3.63) is 15.8 Å². The summed E-state index contributed by atoms with van der Waals surface area (Å²) in [6.45, 7) is 0. The molecular weight excluding hydrogens is 186 g/mol. The monoisotopic (exact) mass is 191 g/mol. The lowest BCUT2D eigenvalue weighted by atomic mass is 10.5. The second-order valence-corrected chi connectivity index (χ2v) is 3.30. The maximum absolute atomic E-state index is 10.6. The van der Waals surface area contributed by atoms with E-state index in [4.69, 9.17) is 11.6 Å². The largest absolute Gasteiger partial charge is 0.453 e. The van der Waals surface area contributed by atoms with E-state index in [2.05, 4.69) is 10.1 Å². The first kappa shape index (κ1) is 8.36. The molecule has 0 radical (unpaired) electrons. The van der Waals surface area contributed by atoms with Crippen LogP contribution in [0.5, 0.6) is 0 Å². The molecule has 0 aliphatic rings. The summed E-state index contributed by atoms with van der Waals surface area (Å²) in [7, 11) is 1.31. The van der Waals surface area contributed by atoms with E-state index in [-0.39, 0.29) is 0 Å². The normalized spacial score (nSPS) is 9.27. The number of rotatable bonds is 1. The Balaban J connectivity index is 2.57. The van der Waals surface area contributed by atoms with Crippen LogP contribution in [0.3, 0.4) is 0 Å². The molecule has 1 aromatic rings. The van der Waals surface area contributed by atoms with Crippen LogP contribution in [0, 0.1) is 0 Å². The first-order chi connectivity index (χ1) is 5.22. The molecule has 1 heterocycles. The summed E-state index contributed by atoms with van der Waals surface area (Å²) < 4.78 is 5.01. The molecule has 60 valence electrons. The maximum Gasteiger partial charge on any atom is 0.411 e. The molecule has 11 heavy (non-hydrogen) atoms. The molecular formula is C6H6ClNO2S. The zero-order valence-electron chi connectivity index (χ0n) is 5.76. The van der Waals surface area contributed by atoms with Gasteiger partial charge >= 0.3 is 6.09 Å². The third-order valence-electron chi connectivity index (χ3n) is 0.999. The number of carbonyl (C=O) groups excluding carboxylic acids is 1. The lowest BCUT2D eigenvalue weighted by Crippen LogP contribution is -2.09. The molecule has 0 aromatic carbocycles. The second kappa shape index (κ2) is 3.59. The van der Waals surface area contributed by atoms with Crippen molar-refractivity contribution in [2.24, 2.45) is 0 Å². The summed E-state index contributed by atoms with van der Waals surface area (Å²) in [6, 6.07) is 1.66. The number of ether oxygens (including phenoxy) is 1. The first-order valence-corrected chi connectivity index (χ1v) is 4.07. The molecule has 0 bridgehead atoms. The van der Waals surface area contributed by atoms with Crippen molar-refractivity contribution in [1.29, 1.82) is 0 Å². The molecule has 0 unspecified atom stereocenters. The molecule has 5 heteroatoms. The maximum atomic E-state index is 10.6. The number of hydrogen-bond acceptors (Lipinski definition) is 3. The number of hydrogen-bond donors (Lipinski definition) is 1. The van der Waals surface area contributed by atoms with Crippen LogP contribution < -0.4 is 5.32 Å². The van der Waals surface area contributed by atoms with Gasteiger partial charge in [-0.25, -0.2) is 4.79 Å². The van der Waals surface area contributed by atoms with Crippen LogP contribution in [0.4, 0.5) is 10.5 Å². The minimum atomic E-state index is -0.487. The van der Waals surface area contributed by atoms with Crippen LogP contribution in [-0.2, 0) is 4.74 Å². The fourth-order valence-electron chi connectivity index (χ4n) is 0.545. The van der Waals surface area contributed by atoms with E-state index in [0.29, 0.717) is 10.0 Å². The lowest BCUT2D eigenvalue weighted by Gasteiger charge is -1.97. The molecule has 1 aromatic heterocycles. The topological polar surface area (TPSA) is 38.3 Å². The molecule has 0 saturated carbocycles. The van der Waals surface area contributed by atoms with Crippen LogP contribution in [0.25, 0.3) is 0 Å². The van der Waals surface area contributed by atoms with Crippen molar-refractivity contribution in [1.82, 2.24) is 0 Å². The van der Waals surface area contributed by atoms with Crippen molar-refractivity contribution in [2.45, 2.75) is 0 Å². The zero-order valence-corrected chi connectivity index (χ0v) is 7.33. The second-order valence-electron chi connectivity index (χ2n) is 1.76. The predicted molar refractivity (Wildman–Crippen MR) is 45.4 cm³/mol. The van der Waals surface area contributed by atoms with Crippen LogP contribution in [0.15, 0.2) is 11.4 Å². The quantitative estimate of drug-likeness (QED) is 0.741. The number of nitrogens with one attached hydrogen (secondary N) is 1. The minimum absolute atomic E-state index is 0.487. The van der Waals surface area contributed by atoms with E-state index in [1.165, 1.54) is 18.4 Å². The Morgan fingerprint density at radius 2 is 2.55 bits per heavy atom. The summed E-state index contributed by atoms with van der Waals surface area (Å²) >= 11 is 6.97. The number of methoxy groups -OCH3 is 1. The van der Waals surface area contributed by atoms with Crippen LogP contribution in [0.2, 0.25) is 4.34 Å². The summed E-state index contributed by atoms with van der Waals surface area (Å²) in [5.74, 6) is 0. The van der Waals surface area contributed by atoms with Crippen molar-refractivity contribution >= 4 is 34.7 Å². The minimum Gasteiger partial charge on any atom is -0.453 e. The fourth-order valence-corrected chi connectivity index (χ4v) is 1.36. The SMILES string of the molecule is COC(=O)Nc1csc(Cl)c1. The van der Waals surface area contributed by atoms with Gasteiger partial charge in [0.1, 0.15) is 0 Å². The highest BCUT2D eigenvalue weighted by molar-refractivity contribution is 7.14. The van der Waals surface area contributed by atoms with Gasteiger partial charge in [0.15, 0.2) is 0 Å². The van der Waals surface area contributed by atoms with E-state index in [9.17, 15) is 4.79 Å². The summed E-state index contributed by atoms with van der Waals surface area (Å²) in [5.41, 5.74) is 0.659. The Labute approximate surface area is 72.9 Å². The molecule has 1 N–H and O–H groups in total. The van der Waals surface area contributed by atoms with Gasteiger partial charge in [-0.2, -0.15) is 0 Å². The van der Waals surface area contributed by atoms with E-state index in [0.717, 1.165) is 0 Å². The zero-order chi connectivity index (χ0) is 8.27. The number of anilines is 1. The smallest absolute Gasteiger partial charge is 0.411 e. The van der Waals surface area contributed by atoms with E-state index in [1.54, 1.807) is 11.4 Å². The van der Waals surface area contributed by atoms with Gasteiger partial charge in [0, 0.05) is 5.38 Å². The van der Waals surface area contributed by atoms with Crippen molar-refractivity contribution in [3.8, 4) is 0 Å². The summed E-state index contributed by atoms with van der Waals surface area (Å²) in [6.07, 6.45) is -0.487. The standard InChI is InChI=1S/C6H6ClNO2S/c1-10-6(9)8-4-2-5(7)11-3-4/h2-3H,1H3,(H,8,9). The van der Waals surface area contributed by atoms with Crippen LogP contribution >= 0.6 is 22.9 Å². The van der Waals surface area contributed by atoms with Crippen molar-refractivity contribution < 1.29 is 9.53 Å². The van der Waals surface area contributed by atoms with E-state index in [1.807, 2.05) is 0 Å². The highest BCUT2D eigenvalue weighted by atomic mass is 35.5. The van der Waals surface area contributed by atoms with Crippen LogP contribution in [-0.4, -0.2) is 13.2 Å². The average Bonchev–Trinajstić information content (AvgIpc) is 2.35. The van der Waals surface area contributed by atoms with Gasteiger partial charge in [-0.15, -0.1) is 11.3 Å². The Kier molecular flexibility index (Phi) is 2.73. The van der Waals surface area contributed by atoms with Gasteiger partial charge < -0.3 is 4.74 Å². The van der Waals surface area contributed by atoms with Gasteiger partial charge in [-0.1, -0.05) is 11.6 Å². The Morgan fingerprint density at radius 1 is 1.82 bits per heavy atom. The third kappa shape index (κ3) is 2.40. The lowest BCUT2D eigenvalue weighted by molar-refractivity contribution is 0.187. The molecule has 1 amide bonds. The van der Waals surface area contributed by atoms with E-state index >= 15 is 0 Å². The van der Waals surface area contributed by atoms with Gasteiger partial charge in [0.05, 0.1) is 17.1 Å². The third-order valence-corrected chi connectivity index (χ3v) is 2.09. The number of carbonyl (C=O) groups is 1. The highest BCUT2D eigenvalue weighted by Crippen LogP contribution is 2.23. The molecule has 1 rings (SSSR count). The molecule has 0 atom stereocenters. The first-order valence-electron chi connectivity index (χ1n) is 2.81. The van der Waals surface area contributed by atoms with Crippen molar-refractivity contribution in [2.75, 3.05) is 12.4 Å². The van der Waals surface area contributed by atoms with Gasteiger partial charge in [-0.3, -0.25) is 5.32 Å². The molecule has 0 saturated heterocycles. The van der Waals surface area contributed by atoms with E-state index < -0.39 is 6.09 Å². The van der Waals surface area contributed by atoms with Gasteiger partial charge in [0.25, 0.3) is 0 Å². The van der Waals surface area contributed by atoms with Crippen LogP contribution in [0.1, 0.15) is 0 Å². The highest BCUT2D eigenvalue weighted by Gasteiger charge is 2.01. The number of thiophene rings is 1. The molecule has 0 fully saturated rings. The predicted octanol–water partition coefficient (Wildman–Crippen LogP) is 2.58. The Bertz CT molecular complexity index is 261. The average molecular weight is 192 g/mol. The molecule has 0 aliphatic carbocycles. The van der Waals surface area contributed by atoms with Gasteiger partial charge in [-0.05, 0) is 6.07 Å². The Morgan fingerprint density at radius 3 is 3.00 bits per heavy atom. The number of halogens is 1. The fraction of sp³-hybridized carbons (Fsp3) is 0.167. The molecule has 0 spiro atoms.